The van der Waals surface area contributed by atoms with Crippen molar-refractivity contribution < 1.29 is 13.9 Å². The molecule has 2 N–H and O–H groups in total. The van der Waals surface area contributed by atoms with Gasteiger partial charge in [0, 0.05) is 18.5 Å². The summed E-state index contributed by atoms with van der Waals surface area (Å²) in [6.45, 7) is 2.00. The van der Waals surface area contributed by atoms with Crippen LogP contribution in [-0.4, -0.2) is 18.9 Å². The van der Waals surface area contributed by atoms with Crippen molar-refractivity contribution in [3.8, 4) is 5.75 Å². The van der Waals surface area contributed by atoms with Crippen LogP contribution in [0.2, 0.25) is 0 Å². The number of halogens is 1. The van der Waals surface area contributed by atoms with Crippen LogP contribution in [0.1, 0.15) is 36.5 Å². The summed E-state index contributed by atoms with van der Waals surface area (Å²) in [5.74, 6) is -0.416. The Morgan fingerprint density at radius 3 is 2.76 bits per heavy atom. The Balaban J connectivity index is 2.75. The first kappa shape index (κ1) is 13.6. The molecule has 1 atom stereocenters. The molecule has 0 heterocycles. The zero-order valence-corrected chi connectivity index (χ0v) is 10.2. The molecule has 3 nitrogen and oxygen atoms in total. The van der Waals surface area contributed by atoms with Gasteiger partial charge in [0.25, 0.3) is 0 Å². The lowest BCUT2D eigenvalue weighted by atomic mass is 10.0. The molecule has 1 rings (SSSR count). The average Bonchev–Trinajstić information content (AvgIpc) is 2.28. The molecule has 0 aliphatic carbocycles. The number of nitrogens with two attached hydrogens (primary N) is 1. The van der Waals surface area contributed by atoms with E-state index in [0.717, 1.165) is 12.8 Å². The second-order valence-corrected chi connectivity index (χ2v) is 4.02. The molecule has 0 saturated heterocycles. The van der Waals surface area contributed by atoms with Crippen molar-refractivity contribution in [2.75, 3.05) is 7.11 Å². The molecule has 1 aromatic carbocycles. The van der Waals surface area contributed by atoms with Crippen molar-refractivity contribution in [2.24, 2.45) is 5.73 Å². The lowest BCUT2D eigenvalue weighted by molar-refractivity contribution is 0.0969. The van der Waals surface area contributed by atoms with Gasteiger partial charge in [0.15, 0.2) is 5.78 Å². The van der Waals surface area contributed by atoms with Gasteiger partial charge in [-0.05, 0) is 18.6 Å². The van der Waals surface area contributed by atoms with Crippen LogP contribution in [0.3, 0.4) is 0 Å². The zero-order valence-electron chi connectivity index (χ0n) is 10.2. The van der Waals surface area contributed by atoms with Crippen LogP contribution in [0.5, 0.6) is 5.75 Å². The Kier molecular flexibility index (Phi) is 5.10. The highest BCUT2D eigenvalue weighted by molar-refractivity contribution is 5.96. The highest BCUT2D eigenvalue weighted by atomic mass is 19.1. The Morgan fingerprint density at radius 2 is 2.24 bits per heavy atom. The standard InChI is InChI=1S/C13H18FNO2/c1-3-4-9(15)7-13(16)11-6-5-10(17-2)8-12(11)14/h5-6,8-9H,3-4,7,15H2,1-2H3. The van der Waals surface area contributed by atoms with Gasteiger partial charge in [-0.15, -0.1) is 0 Å². The number of benzene rings is 1. The Bertz CT molecular complexity index is 393. The van der Waals surface area contributed by atoms with E-state index in [1.807, 2.05) is 6.92 Å². The number of carbonyl (C=O) groups is 1. The van der Waals surface area contributed by atoms with Gasteiger partial charge < -0.3 is 10.5 Å². The number of rotatable bonds is 6. The molecule has 0 aromatic heterocycles. The Labute approximate surface area is 101 Å². The molecule has 94 valence electrons. The first-order chi connectivity index (χ1) is 8.08. The maximum absolute atomic E-state index is 13.6. The van der Waals surface area contributed by atoms with Crippen molar-refractivity contribution in [1.29, 1.82) is 0 Å². The smallest absolute Gasteiger partial charge is 0.167 e. The molecule has 4 heteroatoms. The molecule has 0 saturated carbocycles. The monoisotopic (exact) mass is 239 g/mol. The molecule has 0 fully saturated rings. The summed E-state index contributed by atoms with van der Waals surface area (Å²) < 4.78 is 18.5. The number of hydrogen-bond donors (Lipinski definition) is 1. The molecule has 17 heavy (non-hydrogen) atoms. The number of methoxy groups -OCH3 is 1. The van der Waals surface area contributed by atoms with E-state index in [4.69, 9.17) is 10.5 Å². The minimum atomic E-state index is -0.557. The van der Waals surface area contributed by atoms with E-state index in [1.54, 1.807) is 6.07 Å². The number of ether oxygens (including phenoxy) is 1. The fourth-order valence-electron chi connectivity index (χ4n) is 1.67. The van der Waals surface area contributed by atoms with E-state index >= 15 is 0 Å². The fourth-order valence-corrected chi connectivity index (χ4v) is 1.67. The van der Waals surface area contributed by atoms with Gasteiger partial charge >= 0.3 is 0 Å². The van der Waals surface area contributed by atoms with Crippen LogP contribution < -0.4 is 10.5 Å². The van der Waals surface area contributed by atoms with E-state index in [0.29, 0.717) is 5.75 Å². The summed E-state index contributed by atoms with van der Waals surface area (Å²) >= 11 is 0. The highest BCUT2D eigenvalue weighted by Gasteiger charge is 2.15. The molecule has 0 amide bonds. The van der Waals surface area contributed by atoms with Crippen molar-refractivity contribution >= 4 is 5.78 Å². The van der Waals surface area contributed by atoms with Gasteiger partial charge in [0.1, 0.15) is 11.6 Å². The van der Waals surface area contributed by atoms with E-state index in [2.05, 4.69) is 0 Å². The molecular weight excluding hydrogens is 221 g/mol. The third-order valence-corrected chi connectivity index (χ3v) is 2.58. The van der Waals surface area contributed by atoms with Crippen LogP contribution >= 0.6 is 0 Å². The number of Topliss-reactive ketones (excluding diaryl/α,β-unsaturated/α-hetero) is 1. The summed E-state index contributed by atoms with van der Waals surface area (Å²) in [6, 6.07) is 4.02. The van der Waals surface area contributed by atoms with Gasteiger partial charge in [0.05, 0.1) is 12.7 Å². The fraction of sp³-hybridized carbons (Fsp3) is 0.462. The normalized spacial score (nSPS) is 12.2. The topological polar surface area (TPSA) is 52.3 Å². The predicted octanol–water partition coefficient (Wildman–Crippen LogP) is 2.53. The molecule has 0 aliphatic rings. The molecular formula is C13H18FNO2. The summed E-state index contributed by atoms with van der Waals surface area (Å²) in [5, 5.41) is 0. The van der Waals surface area contributed by atoms with E-state index in [9.17, 15) is 9.18 Å². The minimum absolute atomic E-state index is 0.0809. The largest absolute Gasteiger partial charge is 0.497 e. The van der Waals surface area contributed by atoms with Gasteiger partial charge in [-0.25, -0.2) is 4.39 Å². The first-order valence-electron chi connectivity index (χ1n) is 5.70. The number of ketones is 1. The molecule has 0 spiro atoms. The van der Waals surface area contributed by atoms with Gasteiger partial charge in [-0.2, -0.15) is 0 Å². The minimum Gasteiger partial charge on any atom is -0.497 e. The lowest BCUT2D eigenvalue weighted by Crippen LogP contribution is -2.23. The Hall–Kier alpha value is -1.42. The zero-order chi connectivity index (χ0) is 12.8. The molecule has 0 radical (unpaired) electrons. The summed E-state index contributed by atoms with van der Waals surface area (Å²) in [5.41, 5.74) is 5.84. The van der Waals surface area contributed by atoms with Gasteiger partial charge in [-0.1, -0.05) is 13.3 Å². The second kappa shape index (κ2) is 6.35. The van der Waals surface area contributed by atoms with Crippen molar-refractivity contribution in [3.63, 3.8) is 0 Å². The van der Waals surface area contributed by atoms with E-state index in [-0.39, 0.29) is 23.8 Å². The van der Waals surface area contributed by atoms with Crippen molar-refractivity contribution in [2.45, 2.75) is 32.2 Å². The number of carbonyl (C=O) groups excluding carboxylic acids is 1. The van der Waals surface area contributed by atoms with Crippen molar-refractivity contribution in [3.05, 3.63) is 29.6 Å². The molecule has 1 aromatic rings. The predicted molar refractivity (Wildman–Crippen MR) is 64.8 cm³/mol. The van der Waals surface area contributed by atoms with Crippen LogP contribution in [0, 0.1) is 5.82 Å². The summed E-state index contributed by atoms with van der Waals surface area (Å²) in [6.07, 6.45) is 1.86. The van der Waals surface area contributed by atoms with Crippen LogP contribution in [0.15, 0.2) is 18.2 Å². The first-order valence-corrected chi connectivity index (χ1v) is 5.70. The lowest BCUT2D eigenvalue weighted by Gasteiger charge is -2.10. The van der Waals surface area contributed by atoms with Crippen molar-refractivity contribution in [1.82, 2.24) is 0 Å². The van der Waals surface area contributed by atoms with Gasteiger partial charge in [0.2, 0.25) is 0 Å². The maximum Gasteiger partial charge on any atom is 0.167 e. The van der Waals surface area contributed by atoms with Gasteiger partial charge in [-0.3, -0.25) is 4.79 Å². The third kappa shape index (κ3) is 3.82. The Morgan fingerprint density at radius 1 is 1.53 bits per heavy atom. The number of hydrogen-bond acceptors (Lipinski definition) is 3. The summed E-state index contributed by atoms with van der Waals surface area (Å²) in [7, 11) is 1.45. The van der Waals surface area contributed by atoms with Crippen LogP contribution in [0.25, 0.3) is 0 Å². The summed E-state index contributed by atoms with van der Waals surface area (Å²) in [4.78, 5) is 11.8. The second-order valence-electron chi connectivity index (χ2n) is 4.02. The van der Waals surface area contributed by atoms with Crippen LogP contribution in [0.4, 0.5) is 4.39 Å². The molecule has 0 aliphatic heterocycles. The molecule has 0 bridgehead atoms. The molecule has 1 unspecified atom stereocenters. The SMILES string of the molecule is CCCC(N)CC(=O)c1ccc(OC)cc1F. The van der Waals surface area contributed by atoms with E-state index < -0.39 is 5.82 Å². The quantitative estimate of drug-likeness (QED) is 0.776. The van der Waals surface area contributed by atoms with Crippen LogP contribution in [-0.2, 0) is 0 Å². The average molecular weight is 239 g/mol. The van der Waals surface area contributed by atoms with E-state index in [1.165, 1.54) is 19.2 Å². The maximum atomic E-state index is 13.6. The third-order valence-electron chi connectivity index (χ3n) is 2.58. The highest BCUT2D eigenvalue weighted by Crippen LogP contribution is 2.18.